The smallest absolute Gasteiger partial charge is 0.137 e. The van der Waals surface area contributed by atoms with Gasteiger partial charge in [0.05, 0.1) is 29.1 Å². The van der Waals surface area contributed by atoms with Gasteiger partial charge in [-0.2, -0.15) is 0 Å². The summed E-state index contributed by atoms with van der Waals surface area (Å²) in [6, 6.07) is 32.8. The Morgan fingerprint density at radius 3 is 2.23 bits per heavy atom. The van der Waals surface area contributed by atoms with Gasteiger partial charge in [0.1, 0.15) is 17.3 Å². The van der Waals surface area contributed by atoms with Crippen molar-refractivity contribution in [1.29, 1.82) is 0 Å². The van der Waals surface area contributed by atoms with Crippen LogP contribution in [0.1, 0.15) is 56.8 Å². The van der Waals surface area contributed by atoms with Crippen molar-refractivity contribution in [2.75, 3.05) is 23.4 Å². The molecular formula is C39H40N4O. The summed E-state index contributed by atoms with van der Waals surface area (Å²) in [7, 11) is 0. The molecule has 0 atom stereocenters. The molecule has 5 heteroatoms. The lowest BCUT2D eigenvalue weighted by atomic mass is 9.86. The normalized spacial score (nSPS) is 14.9. The lowest BCUT2D eigenvalue weighted by Gasteiger charge is -2.22. The lowest BCUT2D eigenvalue weighted by Crippen LogP contribution is -2.23. The third kappa shape index (κ3) is 4.86. The first-order valence-corrected chi connectivity index (χ1v) is 15.2. The maximum atomic E-state index is 8.26. The van der Waals surface area contributed by atoms with Crippen molar-refractivity contribution in [2.45, 2.75) is 52.4 Å². The predicted molar refractivity (Wildman–Crippen MR) is 184 cm³/mol. The van der Waals surface area contributed by atoms with Gasteiger partial charge in [-0.25, -0.2) is 4.98 Å². The second kappa shape index (κ2) is 10.2. The molecule has 44 heavy (non-hydrogen) atoms. The van der Waals surface area contributed by atoms with Crippen LogP contribution in [0.25, 0.3) is 27.6 Å². The van der Waals surface area contributed by atoms with Crippen LogP contribution in [-0.2, 0) is 10.8 Å². The molecule has 0 aliphatic carbocycles. The molecule has 1 aliphatic heterocycles. The summed E-state index contributed by atoms with van der Waals surface area (Å²) < 4.78 is 33.5. The van der Waals surface area contributed by atoms with E-state index >= 15 is 0 Å². The number of hydrogen-bond donors (Lipinski definition) is 0. The maximum absolute atomic E-state index is 8.26. The molecule has 0 unspecified atom stereocenters. The number of ether oxygens (including phenoxy) is 1. The second-order valence-corrected chi connectivity index (χ2v) is 13.7. The third-order valence-corrected chi connectivity index (χ3v) is 8.56. The van der Waals surface area contributed by atoms with Gasteiger partial charge in [0.15, 0.2) is 0 Å². The molecule has 5 nitrogen and oxygen atoms in total. The van der Waals surface area contributed by atoms with Crippen LogP contribution in [0.15, 0.2) is 103 Å². The fraction of sp³-hybridized carbons (Fsp3) is 0.256. The Kier molecular flexibility index (Phi) is 5.69. The highest BCUT2D eigenvalue weighted by molar-refractivity contribution is 6.09. The summed E-state index contributed by atoms with van der Waals surface area (Å²) in [5.41, 5.74) is 6.72. The highest BCUT2D eigenvalue weighted by Crippen LogP contribution is 2.43. The predicted octanol–water partition coefficient (Wildman–Crippen LogP) is 10.1. The highest BCUT2D eigenvalue weighted by atomic mass is 16.5. The zero-order valence-electron chi connectivity index (χ0n) is 29.2. The van der Waals surface area contributed by atoms with E-state index in [0.29, 0.717) is 17.2 Å². The van der Waals surface area contributed by atoms with Gasteiger partial charge >= 0.3 is 0 Å². The lowest BCUT2D eigenvalue weighted by molar-refractivity contribution is 0.483. The maximum Gasteiger partial charge on any atom is 0.137 e. The van der Waals surface area contributed by atoms with Crippen LogP contribution in [0.4, 0.5) is 17.1 Å². The van der Waals surface area contributed by atoms with Crippen LogP contribution < -0.4 is 14.5 Å². The van der Waals surface area contributed by atoms with Gasteiger partial charge < -0.3 is 14.5 Å². The molecule has 0 saturated heterocycles. The molecule has 0 bridgehead atoms. The van der Waals surface area contributed by atoms with E-state index in [-0.39, 0.29) is 17.5 Å². The van der Waals surface area contributed by atoms with E-state index in [0.717, 1.165) is 44.6 Å². The Labute approximate surface area is 264 Å². The first kappa shape index (κ1) is 24.6. The van der Waals surface area contributed by atoms with Crippen LogP contribution in [0.3, 0.4) is 0 Å². The van der Waals surface area contributed by atoms with Crippen molar-refractivity contribution in [3.05, 3.63) is 114 Å². The molecule has 222 valence electrons. The number of nitrogens with zero attached hydrogens (tertiary/aromatic N) is 4. The number of anilines is 3. The molecular weight excluding hydrogens is 540 g/mol. The van der Waals surface area contributed by atoms with Gasteiger partial charge in [0, 0.05) is 45.9 Å². The van der Waals surface area contributed by atoms with Gasteiger partial charge in [-0.1, -0.05) is 71.9 Å². The largest absolute Gasteiger partial charge is 0.457 e. The molecule has 0 N–H and O–H groups in total. The molecule has 0 fully saturated rings. The number of aromatic nitrogens is 2. The molecule has 0 saturated carbocycles. The summed E-state index contributed by atoms with van der Waals surface area (Å²) in [6.07, 6.45) is 1.89. The van der Waals surface area contributed by atoms with E-state index in [9.17, 15) is 0 Å². The Bertz CT molecular complexity index is 2140. The number of hydrogen-bond acceptors (Lipinski definition) is 4. The third-order valence-electron chi connectivity index (χ3n) is 8.56. The molecule has 2 aromatic heterocycles. The average molecular weight is 584 g/mol. The topological polar surface area (TPSA) is 33.5 Å². The minimum atomic E-state index is -2.27. The Morgan fingerprint density at radius 2 is 1.43 bits per heavy atom. The summed E-state index contributed by atoms with van der Waals surface area (Å²) in [4.78, 5) is 8.34. The first-order chi connectivity index (χ1) is 22.2. The second-order valence-electron chi connectivity index (χ2n) is 13.7. The minimum Gasteiger partial charge on any atom is -0.457 e. The molecule has 4 aromatic carbocycles. The fourth-order valence-electron chi connectivity index (χ4n) is 6.07. The Hall–Kier alpha value is -4.77. The first-order valence-electron chi connectivity index (χ1n) is 16.7. The number of rotatable bonds is 4. The molecule has 1 aliphatic rings. The van der Waals surface area contributed by atoms with Gasteiger partial charge in [-0.05, 0) is 76.6 Å². The van der Waals surface area contributed by atoms with Crippen molar-refractivity contribution in [3.8, 4) is 17.3 Å². The quantitative estimate of drug-likeness (QED) is 0.207. The Morgan fingerprint density at radius 1 is 0.682 bits per heavy atom. The highest BCUT2D eigenvalue weighted by Gasteiger charge is 2.27. The number of fused-ring (bicyclic) bond motifs is 4. The molecule has 6 aromatic rings. The number of benzene rings is 4. The Balaban J connectivity index is 1.27. The van der Waals surface area contributed by atoms with Gasteiger partial charge in [0.25, 0.3) is 0 Å². The average Bonchev–Trinajstić information content (AvgIpc) is 3.56. The summed E-state index contributed by atoms with van der Waals surface area (Å²) in [5.74, 6) is 2.23. The molecule has 0 spiro atoms. The van der Waals surface area contributed by atoms with Crippen LogP contribution >= 0.6 is 0 Å². The van der Waals surface area contributed by atoms with Crippen molar-refractivity contribution in [1.82, 2.24) is 9.55 Å². The summed E-state index contributed by atoms with van der Waals surface area (Å²) in [5, 5.41) is 2.28. The van der Waals surface area contributed by atoms with Crippen LogP contribution in [-0.4, -0.2) is 23.2 Å². The molecule has 7 rings (SSSR count). The molecule has 3 heterocycles. The summed E-state index contributed by atoms with van der Waals surface area (Å²) in [6.45, 7) is 11.0. The van der Waals surface area contributed by atoms with E-state index in [1.54, 1.807) is 0 Å². The monoisotopic (exact) mass is 583 g/mol. The van der Waals surface area contributed by atoms with Crippen LogP contribution in [0.5, 0.6) is 11.5 Å². The van der Waals surface area contributed by atoms with Crippen molar-refractivity contribution >= 4 is 38.9 Å². The van der Waals surface area contributed by atoms with Gasteiger partial charge in [0.2, 0.25) is 0 Å². The SMILES string of the molecule is [2H]C([2H])([2H])N1CN(c2cccc(Oc3ccc4c5ccccc5n(-c5cc(C(C)(C)C)ccn5)c4c3)c2)c2ccc(C(C)(C)C)cc21. The number of para-hydroxylation sites is 1. The molecule has 0 amide bonds. The zero-order chi connectivity index (χ0) is 33.3. The van der Waals surface area contributed by atoms with Crippen molar-refractivity contribution in [3.63, 3.8) is 0 Å². The van der Waals surface area contributed by atoms with E-state index < -0.39 is 6.98 Å². The minimum absolute atomic E-state index is 0.0129. The standard InChI is InChI=1S/C39H40N4O/c1-38(2,3)26-15-18-34-36(21-26)41(7)25-42(34)28-11-10-12-29(23-28)44-30-16-17-32-31-13-8-9-14-33(31)43(35(32)24-30)37-22-27(19-20-40-37)39(4,5)6/h8-24H,25H2,1-7H3/i7D3. The van der Waals surface area contributed by atoms with E-state index in [1.165, 1.54) is 10.5 Å². The fourth-order valence-corrected chi connectivity index (χ4v) is 6.07. The summed E-state index contributed by atoms with van der Waals surface area (Å²) >= 11 is 0. The van der Waals surface area contributed by atoms with Crippen molar-refractivity contribution in [2.24, 2.45) is 0 Å². The van der Waals surface area contributed by atoms with Gasteiger partial charge in [-0.15, -0.1) is 0 Å². The van der Waals surface area contributed by atoms with E-state index in [2.05, 4.69) is 101 Å². The van der Waals surface area contributed by atoms with Crippen molar-refractivity contribution < 1.29 is 8.85 Å². The number of pyridine rings is 1. The zero-order valence-corrected chi connectivity index (χ0v) is 26.2. The van der Waals surface area contributed by atoms with Gasteiger partial charge in [-0.3, -0.25) is 4.57 Å². The van der Waals surface area contributed by atoms with Crippen LogP contribution in [0, 0.1) is 0 Å². The van der Waals surface area contributed by atoms with Crippen LogP contribution in [0.2, 0.25) is 0 Å². The van der Waals surface area contributed by atoms with E-state index in [1.807, 2.05) is 53.6 Å². The molecule has 0 radical (unpaired) electrons. The van der Waals surface area contributed by atoms with E-state index in [4.69, 9.17) is 13.8 Å².